The zero-order chi connectivity index (χ0) is 17.5. The van der Waals surface area contributed by atoms with Crippen LogP contribution in [0.4, 0.5) is 0 Å². The Hall–Kier alpha value is -2.12. The summed E-state index contributed by atoms with van der Waals surface area (Å²) in [7, 11) is 1.61. The molecule has 0 bridgehead atoms. The molecule has 7 nitrogen and oxygen atoms in total. The van der Waals surface area contributed by atoms with Crippen LogP contribution in [0.5, 0.6) is 5.75 Å². The third kappa shape index (κ3) is 4.94. The van der Waals surface area contributed by atoms with Gasteiger partial charge in [0.05, 0.1) is 25.7 Å². The van der Waals surface area contributed by atoms with Crippen molar-refractivity contribution in [3.8, 4) is 5.75 Å². The van der Waals surface area contributed by atoms with Gasteiger partial charge >= 0.3 is 5.97 Å². The molecule has 2 atom stereocenters. The van der Waals surface area contributed by atoms with E-state index in [1.807, 2.05) is 24.3 Å². The lowest BCUT2D eigenvalue weighted by molar-refractivity contribution is -0.149. The van der Waals surface area contributed by atoms with E-state index < -0.39 is 18.0 Å². The number of aliphatic carboxylic acids is 1. The van der Waals surface area contributed by atoms with Gasteiger partial charge < -0.3 is 20.3 Å². The Morgan fingerprint density at radius 3 is 2.83 bits per heavy atom. The number of aliphatic hydroxyl groups excluding tert-OH is 1. The summed E-state index contributed by atoms with van der Waals surface area (Å²) in [4.78, 5) is 24.9. The summed E-state index contributed by atoms with van der Waals surface area (Å²) < 4.78 is 5.27. The number of hydrogen-bond donors (Lipinski definition) is 3. The lowest BCUT2D eigenvalue weighted by Crippen LogP contribution is -2.49. The van der Waals surface area contributed by atoms with E-state index in [1.165, 1.54) is 0 Å². The number of piperidine rings is 1. The van der Waals surface area contributed by atoms with Crippen molar-refractivity contribution in [1.29, 1.82) is 0 Å². The fourth-order valence-electron chi connectivity index (χ4n) is 2.90. The summed E-state index contributed by atoms with van der Waals surface area (Å²) >= 11 is 0. The van der Waals surface area contributed by atoms with E-state index in [4.69, 9.17) is 9.84 Å². The van der Waals surface area contributed by atoms with Gasteiger partial charge in [0.1, 0.15) is 5.75 Å². The number of ether oxygens (including phenoxy) is 1. The summed E-state index contributed by atoms with van der Waals surface area (Å²) in [6, 6.07) is 7.64. The number of nitrogens with zero attached hydrogens (tertiary/aromatic N) is 1. The number of likely N-dealkylation sites (tertiary alicyclic amines) is 1. The Morgan fingerprint density at radius 2 is 2.12 bits per heavy atom. The van der Waals surface area contributed by atoms with Crippen LogP contribution in [0.2, 0.25) is 0 Å². The highest BCUT2D eigenvalue weighted by Crippen LogP contribution is 2.18. The number of hydrogen-bond acceptors (Lipinski definition) is 5. The standard InChI is InChI=1S/C17H24N2O5/c1-24-15-5-3-2-4-12(15)6-8-18-16(21)11-19-9-7-14(20)13(10-19)17(22)23/h2-5,13-14,20H,6-11H2,1H3,(H,18,21)(H,22,23)/t13-,14+/m1/s1. The molecule has 0 unspecified atom stereocenters. The number of carbonyl (C=O) groups is 2. The third-order valence-corrected chi connectivity index (χ3v) is 4.25. The summed E-state index contributed by atoms with van der Waals surface area (Å²) in [5.74, 6) is -1.21. The van der Waals surface area contributed by atoms with Crippen LogP contribution < -0.4 is 10.1 Å². The molecule has 24 heavy (non-hydrogen) atoms. The van der Waals surface area contributed by atoms with E-state index in [0.717, 1.165) is 11.3 Å². The average molecular weight is 336 g/mol. The van der Waals surface area contributed by atoms with Gasteiger partial charge in [-0.3, -0.25) is 14.5 Å². The smallest absolute Gasteiger partial charge is 0.310 e. The molecule has 1 fully saturated rings. The third-order valence-electron chi connectivity index (χ3n) is 4.25. The lowest BCUT2D eigenvalue weighted by atomic mass is 9.95. The van der Waals surface area contributed by atoms with Crippen LogP contribution in [0.25, 0.3) is 0 Å². The van der Waals surface area contributed by atoms with Crippen molar-refractivity contribution in [2.45, 2.75) is 18.9 Å². The van der Waals surface area contributed by atoms with Crippen molar-refractivity contribution in [1.82, 2.24) is 10.2 Å². The van der Waals surface area contributed by atoms with Gasteiger partial charge in [0, 0.05) is 19.6 Å². The maximum Gasteiger partial charge on any atom is 0.310 e. The second-order valence-electron chi connectivity index (χ2n) is 5.95. The summed E-state index contributed by atoms with van der Waals surface area (Å²) in [5, 5.41) is 21.6. The molecule has 1 aliphatic rings. The highest BCUT2D eigenvalue weighted by molar-refractivity contribution is 5.78. The number of benzene rings is 1. The number of para-hydroxylation sites is 1. The molecular formula is C17H24N2O5. The van der Waals surface area contributed by atoms with E-state index in [-0.39, 0.29) is 19.0 Å². The molecule has 0 aromatic heterocycles. The Kier molecular flexibility index (Phi) is 6.57. The van der Waals surface area contributed by atoms with Crippen molar-refractivity contribution >= 4 is 11.9 Å². The predicted octanol–water partition coefficient (Wildman–Crippen LogP) is 0.121. The zero-order valence-corrected chi connectivity index (χ0v) is 13.8. The summed E-state index contributed by atoms with van der Waals surface area (Å²) in [5.41, 5.74) is 1.02. The van der Waals surface area contributed by atoms with Crippen molar-refractivity contribution < 1.29 is 24.5 Å². The van der Waals surface area contributed by atoms with Crippen LogP contribution in [0, 0.1) is 5.92 Å². The first-order chi connectivity index (χ1) is 11.5. The normalized spacial score (nSPS) is 21.2. The minimum atomic E-state index is -1.02. The predicted molar refractivity (Wildman–Crippen MR) is 87.9 cm³/mol. The quantitative estimate of drug-likeness (QED) is 0.654. The molecule has 3 N–H and O–H groups in total. The minimum absolute atomic E-state index is 0.141. The number of carboxylic acid groups (broad SMARTS) is 1. The molecule has 2 rings (SSSR count). The van der Waals surface area contributed by atoms with Gasteiger partial charge in [-0.1, -0.05) is 18.2 Å². The molecule has 7 heteroatoms. The molecule has 1 heterocycles. The van der Waals surface area contributed by atoms with Gasteiger partial charge in [-0.25, -0.2) is 0 Å². The first-order valence-corrected chi connectivity index (χ1v) is 8.03. The first-order valence-electron chi connectivity index (χ1n) is 8.03. The average Bonchev–Trinajstić information content (AvgIpc) is 2.56. The maximum atomic E-state index is 12.0. The molecule has 1 saturated heterocycles. The number of methoxy groups -OCH3 is 1. The van der Waals surface area contributed by atoms with Crippen LogP contribution in [-0.2, 0) is 16.0 Å². The Bertz CT molecular complexity index is 578. The van der Waals surface area contributed by atoms with E-state index in [1.54, 1.807) is 12.0 Å². The SMILES string of the molecule is COc1ccccc1CCNC(=O)CN1CC[C@H](O)[C@H](C(=O)O)C1. The molecule has 1 amide bonds. The van der Waals surface area contributed by atoms with Gasteiger partial charge in [-0.15, -0.1) is 0 Å². The van der Waals surface area contributed by atoms with Gasteiger partial charge in [0.2, 0.25) is 5.91 Å². The highest BCUT2D eigenvalue weighted by Gasteiger charge is 2.33. The van der Waals surface area contributed by atoms with Crippen LogP contribution in [0.3, 0.4) is 0 Å². The van der Waals surface area contributed by atoms with E-state index in [0.29, 0.717) is 25.9 Å². The second-order valence-corrected chi connectivity index (χ2v) is 5.95. The van der Waals surface area contributed by atoms with Gasteiger partial charge in [0.25, 0.3) is 0 Å². The molecule has 1 aliphatic heterocycles. The number of aliphatic hydroxyl groups is 1. The zero-order valence-electron chi connectivity index (χ0n) is 13.8. The molecular weight excluding hydrogens is 312 g/mol. The number of carboxylic acids is 1. The fourth-order valence-corrected chi connectivity index (χ4v) is 2.90. The second kappa shape index (κ2) is 8.65. The Balaban J connectivity index is 1.76. The van der Waals surface area contributed by atoms with Crippen molar-refractivity contribution in [2.75, 3.05) is 33.3 Å². The lowest BCUT2D eigenvalue weighted by Gasteiger charge is -2.33. The van der Waals surface area contributed by atoms with Crippen LogP contribution >= 0.6 is 0 Å². The monoisotopic (exact) mass is 336 g/mol. The van der Waals surface area contributed by atoms with E-state index in [9.17, 15) is 14.7 Å². The minimum Gasteiger partial charge on any atom is -0.496 e. The van der Waals surface area contributed by atoms with E-state index >= 15 is 0 Å². The largest absolute Gasteiger partial charge is 0.496 e. The van der Waals surface area contributed by atoms with Crippen molar-refractivity contribution in [3.63, 3.8) is 0 Å². The molecule has 0 aliphatic carbocycles. The van der Waals surface area contributed by atoms with Crippen LogP contribution in [-0.4, -0.2) is 66.4 Å². The van der Waals surface area contributed by atoms with Gasteiger partial charge in [-0.05, 0) is 24.5 Å². The van der Waals surface area contributed by atoms with Crippen LogP contribution in [0.15, 0.2) is 24.3 Å². The van der Waals surface area contributed by atoms with E-state index in [2.05, 4.69) is 5.32 Å². The topological polar surface area (TPSA) is 99.1 Å². The number of amides is 1. The Labute approximate surface area is 141 Å². The first kappa shape index (κ1) is 18.2. The molecule has 0 saturated carbocycles. The number of rotatable bonds is 7. The number of nitrogens with one attached hydrogen (secondary N) is 1. The summed E-state index contributed by atoms with van der Waals surface area (Å²) in [6.45, 7) is 1.34. The van der Waals surface area contributed by atoms with Crippen molar-refractivity contribution in [3.05, 3.63) is 29.8 Å². The molecule has 0 radical (unpaired) electrons. The molecule has 1 aromatic rings. The van der Waals surface area contributed by atoms with Gasteiger partial charge in [0.15, 0.2) is 0 Å². The maximum absolute atomic E-state index is 12.0. The van der Waals surface area contributed by atoms with Gasteiger partial charge in [-0.2, -0.15) is 0 Å². The molecule has 0 spiro atoms. The van der Waals surface area contributed by atoms with Crippen LogP contribution in [0.1, 0.15) is 12.0 Å². The summed E-state index contributed by atoms with van der Waals surface area (Å²) in [6.07, 6.45) is 0.185. The molecule has 132 valence electrons. The highest BCUT2D eigenvalue weighted by atomic mass is 16.5. The molecule has 1 aromatic carbocycles. The number of carbonyl (C=O) groups excluding carboxylic acids is 1. The fraction of sp³-hybridized carbons (Fsp3) is 0.529. The Morgan fingerprint density at radius 1 is 1.38 bits per heavy atom. The van der Waals surface area contributed by atoms with Crippen molar-refractivity contribution in [2.24, 2.45) is 5.92 Å².